The fourth-order valence-electron chi connectivity index (χ4n) is 2.43. The zero-order valence-electron chi connectivity index (χ0n) is 14.7. The number of hydrogen-bond donors (Lipinski definition) is 2. The lowest BCUT2D eigenvalue weighted by molar-refractivity contribution is -0.132. The van der Waals surface area contributed by atoms with Crippen LogP contribution in [0.2, 0.25) is 0 Å². The van der Waals surface area contributed by atoms with E-state index in [1.165, 1.54) is 0 Å². The van der Waals surface area contributed by atoms with E-state index in [-0.39, 0.29) is 42.7 Å². The van der Waals surface area contributed by atoms with Crippen molar-refractivity contribution in [2.24, 2.45) is 4.99 Å². The molecule has 24 heavy (non-hydrogen) atoms. The zero-order chi connectivity index (χ0) is 17.3. The molecule has 0 aromatic heterocycles. The summed E-state index contributed by atoms with van der Waals surface area (Å²) in [5.41, 5.74) is 0. The molecule has 0 amide bonds. The standard InChI is InChI=1S/C15H29F3N4O.HI/c1-12(2)23-11-10-22-8-4-13(5-9-22)21-14(19-3)20-7-6-15(16,17)18;/h12-13H,4-11H2,1-3H3,(H2,19,20,21);1H. The number of guanidine groups is 1. The molecular formula is C15H30F3IN4O. The molecule has 1 saturated heterocycles. The van der Waals surface area contributed by atoms with Gasteiger partial charge in [0.1, 0.15) is 0 Å². The number of likely N-dealkylation sites (tertiary alicyclic amines) is 1. The number of halogens is 4. The predicted molar refractivity (Wildman–Crippen MR) is 101 cm³/mol. The molecule has 0 radical (unpaired) electrons. The summed E-state index contributed by atoms with van der Waals surface area (Å²) in [6.45, 7) is 7.45. The maximum absolute atomic E-state index is 12.1. The number of rotatable bonds is 7. The quantitative estimate of drug-likeness (QED) is 0.344. The summed E-state index contributed by atoms with van der Waals surface area (Å²) in [6.07, 6.45) is -2.86. The number of hydrogen-bond acceptors (Lipinski definition) is 3. The fraction of sp³-hybridized carbons (Fsp3) is 0.933. The van der Waals surface area contributed by atoms with E-state index in [4.69, 9.17) is 4.74 Å². The van der Waals surface area contributed by atoms with Crippen molar-refractivity contribution in [1.82, 2.24) is 15.5 Å². The van der Waals surface area contributed by atoms with Crippen molar-refractivity contribution in [3.8, 4) is 0 Å². The molecule has 5 nitrogen and oxygen atoms in total. The molecule has 0 aliphatic carbocycles. The second-order valence-corrected chi connectivity index (χ2v) is 6.04. The molecule has 9 heteroatoms. The van der Waals surface area contributed by atoms with Gasteiger partial charge in [0.25, 0.3) is 0 Å². The summed E-state index contributed by atoms with van der Waals surface area (Å²) in [6, 6.07) is 0.245. The summed E-state index contributed by atoms with van der Waals surface area (Å²) in [4.78, 5) is 6.33. The van der Waals surface area contributed by atoms with Crippen molar-refractivity contribution < 1.29 is 17.9 Å². The minimum Gasteiger partial charge on any atom is -0.377 e. The zero-order valence-corrected chi connectivity index (χ0v) is 17.0. The molecule has 144 valence electrons. The topological polar surface area (TPSA) is 48.9 Å². The second kappa shape index (κ2) is 12.1. The normalized spacial score (nSPS) is 17.7. The third-order valence-electron chi connectivity index (χ3n) is 3.71. The van der Waals surface area contributed by atoms with Crippen LogP contribution in [0, 0.1) is 0 Å². The molecular weight excluding hydrogens is 436 g/mol. The van der Waals surface area contributed by atoms with Gasteiger partial charge < -0.3 is 20.3 Å². The van der Waals surface area contributed by atoms with Crippen LogP contribution >= 0.6 is 24.0 Å². The van der Waals surface area contributed by atoms with Crippen LogP contribution in [-0.4, -0.2) is 69.0 Å². The smallest absolute Gasteiger partial charge is 0.377 e. The lowest BCUT2D eigenvalue weighted by Gasteiger charge is -2.33. The SMILES string of the molecule is CN=C(NCCC(F)(F)F)NC1CCN(CCOC(C)C)CC1.I. The molecule has 0 saturated carbocycles. The third-order valence-corrected chi connectivity index (χ3v) is 3.71. The first kappa shape index (κ1) is 23.7. The number of nitrogens with zero attached hydrogens (tertiary/aromatic N) is 2. The van der Waals surface area contributed by atoms with Gasteiger partial charge in [-0.25, -0.2) is 0 Å². The van der Waals surface area contributed by atoms with E-state index in [0.717, 1.165) is 39.1 Å². The van der Waals surface area contributed by atoms with Gasteiger partial charge in [-0.1, -0.05) is 0 Å². The van der Waals surface area contributed by atoms with Crippen molar-refractivity contribution in [2.75, 3.05) is 39.8 Å². The van der Waals surface area contributed by atoms with Crippen LogP contribution < -0.4 is 10.6 Å². The number of piperidine rings is 1. The average Bonchev–Trinajstić information content (AvgIpc) is 2.46. The summed E-state index contributed by atoms with van der Waals surface area (Å²) in [5, 5.41) is 5.92. The highest BCUT2D eigenvalue weighted by molar-refractivity contribution is 14.0. The van der Waals surface area contributed by atoms with Crippen molar-refractivity contribution in [3.05, 3.63) is 0 Å². The van der Waals surface area contributed by atoms with Crippen LogP contribution in [-0.2, 0) is 4.74 Å². The number of ether oxygens (including phenoxy) is 1. The first-order chi connectivity index (χ1) is 10.8. The summed E-state index contributed by atoms with van der Waals surface area (Å²) in [5.74, 6) is 0.441. The van der Waals surface area contributed by atoms with Crippen molar-refractivity contribution in [2.45, 2.75) is 51.4 Å². The molecule has 0 spiro atoms. The van der Waals surface area contributed by atoms with Crippen LogP contribution in [0.5, 0.6) is 0 Å². The highest BCUT2D eigenvalue weighted by atomic mass is 127. The number of alkyl halides is 3. The maximum Gasteiger partial charge on any atom is 0.390 e. The molecule has 2 N–H and O–H groups in total. The van der Waals surface area contributed by atoms with E-state index in [9.17, 15) is 13.2 Å². The highest BCUT2D eigenvalue weighted by Gasteiger charge is 2.26. The van der Waals surface area contributed by atoms with Gasteiger partial charge in [0, 0.05) is 39.3 Å². The highest BCUT2D eigenvalue weighted by Crippen LogP contribution is 2.18. The fourth-order valence-corrected chi connectivity index (χ4v) is 2.43. The average molecular weight is 466 g/mol. The Morgan fingerprint density at radius 1 is 1.29 bits per heavy atom. The Morgan fingerprint density at radius 3 is 2.42 bits per heavy atom. The van der Waals surface area contributed by atoms with E-state index in [1.807, 2.05) is 13.8 Å². The summed E-state index contributed by atoms with van der Waals surface area (Å²) >= 11 is 0. The van der Waals surface area contributed by atoms with Gasteiger partial charge in [-0.2, -0.15) is 13.2 Å². The minimum atomic E-state index is -4.14. The Balaban J connectivity index is 0.00000529. The molecule has 0 aromatic rings. The maximum atomic E-state index is 12.1. The first-order valence-electron chi connectivity index (χ1n) is 8.18. The Kier molecular flexibility index (Phi) is 12.0. The molecule has 0 unspecified atom stereocenters. The Labute approximate surface area is 159 Å². The number of nitrogens with one attached hydrogen (secondary N) is 2. The van der Waals surface area contributed by atoms with Gasteiger partial charge in [-0.05, 0) is 26.7 Å². The van der Waals surface area contributed by atoms with E-state index in [1.54, 1.807) is 7.05 Å². The van der Waals surface area contributed by atoms with Crippen LogP contribution in [0.15, 0.2) is 4.99 Å². The molecule has 1 fully saturated rings. The van der Waals surface area contributed by atoms with E-state index >= 15 is 0 Å². The molecule has 1 aliphatic heterocycles. The summed E-state index contributed by atoms with van der Waals surface area (Å²) < 4.78 is 42.0. The second-order valence-electron chi connectivity index (χ2n) is 6.04. The molecule has 0 bridgehead atoms. The molecule has 0 atom stereocenters. The van der Waals surface area contributed by atoms with Crippen molar-refractivity contribution in [3.63, 3.8) is 0 Å². The van der Waals surface area contributed by atoms with Crippen molar-refractivity contribution >= 4 is 29.9 Å². The molecule has 1 heterocycles. The van der Waals surface area contributed by atoms with Gasteiger partial charge in [0.05, 0.1) is 19.1 Å². The Bertz CT molecular complexity index is 359. The Morgan fingerprint density at radius 2 is 1.92 bits per heavy atom. The minimum absolute atomic E-state index is 0. The first-order valence-corrected chi connectivity index (χ1v) is 8.18. The van der Waals surface area contributed by atoms with Crippen molar-refractivity contribution in [1.29, 1.82) is 0 Å². The van der Waals surface area contributed by atoms with Gasteiger partial charge in [-0.15, -0.1) is 24.0 Å². The molecule has 1 rings (SSSR count). The monoisotopic (exact) mass is 466 g/mol. The van der Waals surface area contributed by atoms with Crippen LogP contribution in [0.4, 0.5) is 13.2 Å². The van der Waals surface area contributed by atoms with Crippen LogP contribution in [0.25, 0.3) is 0 Å². The predicted octanol–water partition coefficient (Wildman–Crippen LogP) is 2.61. The lowest BCUT2D eigenvalue weighted by Crippen LogP contribution is -2.49. The van der Waals surface area contributed by atoms with E-state index in [2.05, 4.69) is 20.5 Å². The van der Waals surface area contributed by atoms with E-state index in [0.29, 0.717) is 5.96 Å². The van der Waals surface area contributed by atoms with Gasteiger partial charge in [0.2, 0.25) is 0 Å². The molecule has 1 aliphatic rings. The van der Waals surface area contributed by atoms with Crippen LogP contribution in [0.1, 0.15) is 33.1 Å². The van der Waals surface area contributed by atoms with Gasteiger partial charge in [-0.3, -0.25) is 4.99 Å². The summed E-state index contributed by atoms with van der Waals surface area (Å²) in [7, 11) is 1.57. The third kappa shape index (κ3) is 11.3. The van der Waals surface area contributed by atoms with Gasteiger partial charge in [0.15, 0.2) is 5.96 Å². The van der Waals surface area contributed by atoms with Crippen LogP contribution in [0.3, 0.4) is 0 Å². The number of aliphatic imine (C=N–C) groups is 1. The Hall–Kier alpha value is -0.290. The molecule has 0 aromatic carbocycles. The lowest BCUT2D eigenvalue weighted by atomic mass is 10.1. The van der Waals surface area contributed by atoms with Gasteiger partial charge >= 0.3 is 6.18 Å². The van der Waals surface area contributed by atoms with E-state index < -0.39 is 12.6 Å². The largest absolute Gasteiger partial charge is 0.390 e.